The van der Waals surface area contributed by atoms with E-state index in [4.69, 9.17) is 9.47 Å². The molecule has 2 aliphatic heterocycles. The fourth-order valence-electron chi connectivity index (χ4n) is 6.20. The Morgan fingerprint density at radius 1 is 0.542 bits per heavy atom. The van der Waals surface area contributed by atoms with Crippen LogP contribution in [0.3, 0.4) is 0 Å². The average molecular weight is 637 g/mol. The summed E-state index contributed by atoms with van der Waals surface area (Å²) in [5.41, 5.74) is 5.45. The van der Waals surface area contributed by atoms with Crippen molar-refractivity contribution >= 4 is 29.3 Å². The maximum Gasteiger partial charge on any atom is 0.266 e. The third-order valence-electron chi connectivity index (χ3n) is 9.12. The van der Waals surface area contributed by atoms with Crippen molar-refractivity contribution in [1.29, 1.82) is 0 Å². The smallest absolute Gasteiger partial charge is 0.266 e. The number of amides is 4. The maximum absolute atomic E-state index is 13.2. The first-order valence-corrected chi connectivity index (χ1v) is 15.6. The van der Waals surface area contributed by atoms with Gasteiger partial charge in [-0.15, -0.1) is 0 Å². The molecule has 5 aromatic carbocycles. The molecule has 2 heterocycles. The lowest BCUT2D eigenvalue weighted by Crippen LogP contribution is -2.29. The van der Waals surface area contributed by atoms with Crippen LogP contribution in [0.1, 0.15) is 77.5 Å². The maximum atomic E-state index is 13.2. The molecule has 0 spiro atoms. The predicted octanol–water partition coefficient (Wildman–Crippen LogP) is 8.24. The lowest BCUT2D eigenvalue weighted by Gasteiger charge is -2.26. The minimum Gasteiger partial charge on any atom is -0.457 e. The molecule has 0 fully saturated rings. The van der Waals surface area contributed by atoms with E-state index in [1.807, 2.05) is 80.6 Å². The van der Waals surface area contributed by atoms with Gasteiger partial charge in [-0.25, -0.2) is 4.90 Å². The van der Waals surface area contributed by atoms with Gasteiger partial charge in [0.15, 0.2) is 0 Å². The molecular formula is C40H32N2O6. The number of ether oxygens (including phenoxy) is 2. The van der Waals surface area contributed by atoms with Gasteiger partial charge in [0.25, 0.3) is 23.6 Å². The first kappa shape index (κ1) is 30.6. The monoisotopic (exact) mass is 636 g/mol. The summed E-state index contributed by atoms with van der Waals surface area (Å²) < 4.78 is 12.2. The van der Waals surface area contributed by atoms with Gasteiger partial charge in [0.1, 0.15) is 23.0 Å². The Labute approximate surface area is 278 Å². The highest BCUT2D eigenvalue weighted by Crippen LogP contribution is 2.37. The van der Waals surface area contributed by atoms with Crippen molar-refractivity contribution in [3.63, 3.8) is 0 Å². The molecule has 0 atom stereocenters. The van der Waals surface area contributed by atoms with Gasteiger partial charge in [-0.3, -0.25) is 24.1 Å². The molecule has 0 aromatic heterocycles. The number of aryl methyl sites for hydroxylation is 2. The molecule has 8 nitrogen and oxygen atoms in total. The van der Waals surface area contributed by atoms with Crippen LogP contribution in [0.5, 0.6) is 23.0 Å². The molecule has 8 heteroatoms. The third-order valence-corrected chi connectivity index (χ3v) is 9.12. The molecular weight excluding hydrogens is 604 g/mol. The van der Waals surface area contributed by atoms with Gasteiger partial charge in [0.05, 0.1) is 27.9 Å². The molecule has 0 radical (unpaired) electrons. The lowest BCUT2D eigenvalue weighted by molar-refractivity contribution is 0.0692. The molecule has 0 saturated carbocycles. The van der Waals surface area contributed by atoms with Gasteiger partial charge in [-0.2, -0.15) is 0 Å². The molecule has 0 N–H and O–H groups in total. The number of nitrogens with zero attached hydrogens (tertiary/aromatic N) is 2. The van der Waals surface area contributed by atoms with Crippen molar-refractivity contribution in [3.8, 4) is 23.0 Å². The van der Waals surface area contributed by atoms with Crippen LogP contribution in [0.2, 0.25) is 0 Å². The normalized spacial score (nSPS) is 14.0. The molecule has 5 aromatic rings. The van der Waals surface area contributed by atoms with E-state index < -0.39 is 0 Å². The Morgan fingerprint density at radius 2 is 1.08 bits per heavy atom. The summed E-state index contributed by atoms with van der Waals surface area (Å²) in [6.45, 7) is 8.03. The summed E-state index contributed by atoms with van der Waals surface area (Å²) in [4.78, 5) is 53.4. The van der Waals surface area contributed by atoms with E-state index in [1.165, 1.54) is 11.9 Å². The van der Waals surface area contributed by atoms with Crippen molar-refractivity contribution in [2.24, 2.45) is 0 Å². The predicted molar refractivity (Wildman–Crippen MR) is 182 cm³/mol. The van der Waals surface area contributed by atoms with Crippen molar-refractivity contribution in [2.45, 2.75) is 33.1 Å². The van der Waals surface area contributed by atoms with E-state index in [0.29, 0.717) is 50.9 Å². The lowest BCUT2D eigenvalue weighted by atomic mass is 9.78. The van der Waals surface area contributed by atoms with Crippen LogP contribution < -0.4 is 14.4 Å². The largest absolute Gasteiger partial charge is 0.457 e. The third kappa shape index (κ3) is 5.11. The Morgan fingerprint density at radius 3 is 1.71 bits per heavy atom. The van der Waals surface area contributed by atoms with Crippen LogP contribution in [0.15, 0.2) is 103 Å². The van der Waals surface area contributed by atoms with Crippen molar-refractivity contribution < 1.29 is 28.7 Å². The van der Waals surface area contributed by atoms with Crippen LogP contribution in [-0.4, -0.2) is 35.6 Å². The Kier molecular flexibility index (Phi) is 7.24. The van der Waals surface area contributed by atoms with Crippen LogP contribution >= 0.6 is 0 Å². The number of benzene rings is 5. The number of hydrogen-bond donors (Lipinski definition) is 0. The number of carbonyl (C=O) groups is 4. The SMILES string of the molecule is Cc1cccc(N2C(=O)c3ccc(Oc4ccc(C(C)(C)c5ccc(Oc6cc7c(cc6C)C(=O)N(C)C7=O)cc5)cc4)cc3C2=O)c1. The van der Waals surface area contributed by atoms with E-state index in [-0.39, 0.29) is 29.0 Å². The molecule has 0 unspecified atom stereocenters. The topological polar surface area (TPSA) is 93.2 Å². The number of fused-ring (bicyclic) bond motifs is 2. The fraction of sp³-hybridized carbons (Fsp3) is 0.150. The second kappa shape index (κ2) is 11.3. The first-order chi connectivity index (χ1) is 22.9. The van der Waals surface area contributed by atoms with Gasteiger partial charge in [0, 0.05) is 12.5 Å². The molecule has 48 heavy (non-hydrogen) atoms. The van der Waals surface area contributed by atoms with E-state index >= 15 is 0 Å². The summed E-state index contributed by atoms with van der Waals surface area (Å²) >= 11 is 0. The zero-order valence-electron chi connectivity index (χ0n) is 27.2. The van der Waals surface area contributed by atoms with Crippen LogP contribution in [0.25, 0.3) is 0 Å². The summed E-state index contributed by atoms with van der Waals surface area (Å²) in [6, 6.07) is 31.2. The number of carbonyl (C=O) groups excluding carboxylic acids is 4. The Balaban J connectivity index is 1.05. The number of anilines is 1. The zero-order chi connectivity index (χ0) is 33.9. The fourth-order valence-corrected chi connectivity index (χ4v) is 6.20. The van der Waals surface area contributed by atoms with E-state index in [1.54, 1.807) is 36.4 Å². The van der Waals surface area contributed by atoms with Gasteiger partial charge in [-0.05, 0) is 103 Å². The highest BCUT2D eigenvalue weighted by atomic mass is 16.5. The van der Waals surface area contributed by atoms with Crippen LogP contribution in [-0.2, 0) is 5.41 Å². The average Bonchev–Trinajstić information content (AvgIpc) is 3.44. The second-order valence-electron chi connectivity index (χ2n) is 12.7. The summed E-state index contributed by atoms with van der Waals surface area (Å²) in [7, 11) is 1.48. The number of imide groups is 2. The summed E-state index contributed by atoms with van der Waals surface area (Å²) in [5, 5.41) is 0. The highest BCUT2D eigenvalue weighted by molar-refractivity contribution is 6.34. The van der Waals surface area contributed by atoms with E-state index in [0.717, 1.165) is 27.2 Å². The van der Waals surface area contributed by atoms with Gasteiger partial charge in [0.2, 0.25) is 0 Å². The van der Waals surface area contributed by atoms with Crippen molar-refractivity contribution in [2.75, 3.05) is 11.9 Å². The van der Waals surface area contributed by atoms with Gasteiger partial charge in [-0.1, -0.05) is 50.2 Å². The molecule has 2 aliphatic rings. The van der Waals surface area contributed by atoms with E-state index in [2.05, 4.69) is 13.8 Å². The number of hydrogen-bond acceptors (Lipinski definition) is 6. The van der Waals surface area contributed by atoms with Crippen LogP contribution in [0.4, 0.5) is 5.69 Å². The quantitative estimate of drug-likeness (QED) is 0.167. The standard InChI is InChI=1S/C40H32N2O6/c1-23-7-6-8-27(19-23)42-38(45)31-18-17-30(21-33(31)39(42)46)47-28-13-9-25(10-14-28)40(3,4)26-11-15-29(16-12-26)48-35-22-34-32(20-24(35)2)36(43)41(5)37(34)44/h6-22H,1-5H3. The minimum absolute atomic E-state index is 0.307. The van der Waals surface area contributed by atoms with Gasteiger partial charge >= 0.3 is 0 Å². The summed E-state index contributed by atoms with van der Waals surface area (Å²) in [6.07, 6.45) is 0. The number of rotatable bonds is 7. The second-order valence-corrected chi connectivity index (χ2v) is 12.7. The molecule has 0 saturated heterocycles. The van der Waals surface area contributed by atoms with Gasteiger partial charge < -0.3 is 9.47 Å². The van der Waals surface area contributed by atoms with E-state index in [9.17, 15) is 19.2 Å². The van der Waals surface area contributed by atoms with Crippen LogP contribution in [0, 0.1) is 13.8 Å². The highest BCUT2D eigenvalue weighted by Gasteiger charge is 2.37. The molecule has 7 rings (SSSR count). The van der Waals surface area contributed by atoms with Crippen molar-refractivity contribution in [3.05, 3.63) is 148 Å². The first-order valence-electron chi connectivity index (χ1n) is 15.6. The molecule has 0 aliphatic carbocycles. The molecule has 4 amide bonds. The zero-order valence-corrected chi connectivity index (χ0v) is 27.2. The Hall–Kier alpha value is -6.02. The molecule has 0 bridgehead atoms. The molecule has 238 valence electrons. The summed E-state index contributed by atoms with van der Waals surface area (Å²) in [5.74, 6) is 0.835. The minimum atomic E-state index is -0.374. The van der Waals surface area contributed by atoms with Crippen molar-refractivity contribution in [1.82, 2.24) is 4.90 Å². The Bertz CT molecular complexity index is 2170.